The van der Waals surface area contributed by atoms with Gasteiger partial charge < -0.3 is 9.80 Å². The van der Waals surface area contributed by atoms with Gasteiger partial charge in [0.1, 0.15) is 0 Å². The molecule has 0 spiro atoms. The molecule has 0 saturated heterocycles. The molecule has 0 aromatic heterocycles. The van der Waals surface area contributed by atoms with Gasteiger partial charge in [-0.25, -0.2) is 0 Å². The van der Waals surface area contributed by atoms with E-state index >= 15 is 0 Å². The molecular formula is C36H34N2O2. The zero-order valence-electron chi connectivity index (χ0n) is 23.9. The Kier molecular flexibility index (Phi) is 5.07. The first kappa shape index (κ1) is 24.8. The van der Waals surface area contributed by atoms with Crippen molar-refractivity contribution in [2.24, 2.45) is 0 Å². The van der Waals surface area contributed by atoms with Gasteiger partial charge in [0.2, 0.25) is 0 Å². The Bertz CT molecular complexity index is 1880. The zero-order chi connectivity index (χ0) is 28.1. The van der Waals surface area contributed by atoms with E-state index in [1.807, 2.05) is 12.2 Å². The molecule has 0 N–H and O–H groups in total. The molecule has 0 radical (unpaired) electrons. The van der Waals surface area contributed by atoms with Crippen molar-refractivity contribution in [3.05, 3.63) is 115 Å². The van der Waals surface area contributed by atoms with Crippen LogP contribution in [0, 0.1) is 0 Å². The maximum atomic E-state index is 13.6. The van der Waals surface area contributed by atoms with Crippen LogP contribution in [0.4, 0.5) is 11.4 Å². The molecule has 0 fully saturated rings. The van der Waals surface area contributed by atoms with E-state index in [2.05, 4.69) is 124 Å². The molecule has 7 rings (SSSR count). The molecule has 4 heteroatoms. The minimum absolute atomic E-state index is 0.0982. The molecule has 4 nitrogen and oxygen atoms in total. The average Bonchev–Trinajstić information content (AvgIpc) is 3.27. The van der Waals surface area contributed by atoms with Crippen molar-refractivity contribution >= 4 is 45.1 Å². The van der Waals surface area contributed by atoms with E-state index < -0.39 is 0 Å². The summed E-state index contributed by atoms with van der Waals surface area (Å²) in [6.45, 7) is 8.85. The Morgan fingerprint density at radius 2 is 0.950 bits per heavy atom. The van der Waals surface area contributed by atoms with E-state index in [4.69, 9.17) is 0 Å². The summed E-state index contributed by atoms with van der Waals surface area (Å²) in [5.41, 5.74) is 4.02. The first-order chi connectivity index (χ1) is 19.0. The number of fused-ring (bicyclic) bond motifs is 6. The maximum Gasteiger partial charge on any atom is 0.200 e. The van der Waals surface area contributed by atoms with Gasteiger partial charge in [-0.15, -0.1) is 0 Å². The predicted octanol–water partition coefficient (Wildman–Crippen LogP) is 4.74. The van der Waals surface area contributed by atoms with Gasteiger partial charge in [0.25, 0.3) is 0 Å². The Hall–Kier alpha value is -4.18. The number of anilines is 2. The lowest BCUT2D eigenvalue weighted by atomic mass is 9.77. The monoisotopic (exact) mass is 526 g/mol. The van der Waals surface area contributed by atoms with Crippen molar-refractivity contribution in [2.75, 3.05) is 23.9 Å². The Balaban J connectivity index is 1.32. The van der Waals surface area contributed by atoms with Gasteiger partial charge >= 0.3 is 0 Å². The highest BCUT2D eigenvalue weighted by Crippen LogP contribution is 2.49. The van der Waals surface area contributed by atoms with Gasteiger partial charge in [-0.1, -0.05) is 88.4 Å². The fraction of sp³-hybridized carbons (Fsp3) is 0.278. The highest BCUT2D eigenvalue weighted by atomic mass is 16.1. The summed E-state index contributed by atoms with van der Waals surface area (Å²) in [6, 6.07) is 25.3. The normalized spacial score (nSPS) is 20.8. The second-order valence-electron chi connectivity index (χ2n) is 12.7. The molecule has 40 heavy (non-hydrogen) atoms. The number of likely N-dealkylation sites (N-methyl/N-ethyl adjacent to an activating group) is 2. The van der Waals surface area contributed by atoms with Crippen LogP contribution in [0.2, 0.25) is 0 Å². The summed E-state index contributed by atoms with van der Waals surface area (Å²) in [4.78, 5) is 31.5. The molecular weight excluding hydrogens is 492 g/mol. The van der Waals surface area contributed by atoms with Crippen molar-refractivity contribution in [3.8, 4) is 0 Å². The van der Waals surface area contributed by atoms with Crippen LogP contribution < -0.4 is 31.1 Å². The number of benzene rings is 4. The first-order valence-corrected chi connectivity index (χ1v) is 14.1. The fourth-order valence-corrected chi connectivity index (χ4v) is 7.72. The minimum atomic E-state index is -0.270. The SMILES string of the molecule is CN1c2ccc3ccccc3c2C(C)(C)C1C=c1c(=O)c(=CC2N(C)c3ccc4ccccc4c3C2(C)C)c1=O. The summed E-state index contributed by atoms with van der Waals surface area (Å²) < 4.78 is 0. The van der Waals surface area contributed by atoms with Gasteiger partial charge in [0.15, 0.2) is 10.9 Å². The summed E-state index contributed by atoms with van der Waals surface area (Å²) in [5.74, 6) is 0. The van der Waals surface area contributed by atoms with Gasteiger partial charge in [-0.05, 0) is 57.0 Å². The van der Waals surface area contributed by atoms with Crippen LogP contribution in [0.1, 0.15) is 38.8 Å². The molecule has 200 valence electrons. The van der Waals surface area contributed by atoms with E-state index in [0.29, 0.717) is 10.4 Å². The summed E-state index contributed by atoms with van der Waals surface area (Å²) in [6.07, 6.45) is 3.84. The molecule has 2 atom stereocenters. The Morgan fingerprint density at radius 3 is 1.35 bits per heavy atom. The van der Waals surface area contributed by atoms with E-state index in [9.17, 15) is 9.59 Å². The van der Waals surface area contributed by atoms with Crippen molar-refractivity contribution in [2.45, 2.75) is 50.6 Å². The van der Waals surface area contributed by atoms with E-state index in [0.717, 1.165) is 11.4 Å². The van der Waals surface area contributed by atoms with E-state index in [-0.39, 0.29) is 33.8 Å². The van der Waals surface area contributed by atoms with Gasteiger partial charge in [-0.3, -0.25) is 9.59 Å². The largest absolute Gasteiger partial charge is 0.367 e. The van der Waals surface area contributed by atoms with Crippen molar-refractivity contribution in [1.82, 2.24) is 0 Å². The van der Waals surface area contributed by atoms with Crippen LogP contribution in [0.5, 0.6) is 0 Å². The third-order valence-corrected chi connectivity index (χ3v) is 9.80. The number of hydrogen-bond acceptors (Lipinski definition) is 4. The van der Waals surface area contributed by atoms with Gasteiger partial charge in [0.05, 0.1) is 22.5 Å². The molecule has 0 saturated carbocycles. The third-order valence-electron chi connectivity index (χ3n) is 9.80. The van der Waals surface area contributed by atoms with Crippen LogP contribution in [-0.4, -0.2) is 26.2 Å². The van der Waals surface area contributed by atoms with Crippen molar-refractivity contribution in [3.63, 3.8) is 0 Å². The fourth-order valence-electron chi connectivity index (χ4n) is 7.72. The Labute approximate surface area is 234 Å². The predicted molar refractivity (Wildman–Crippen MR) is 168 cm³/mol. The highest BCUT2D eigenvalue weighted by molar-refractivity contribution is 5.95. The maximum absolute atomic E-state index is 13.6. The molecule has 2 unspecified atom stereocenters. The van der Waals surface area contributed by atoms with Crippen molar-refractivity contribution < 1.29 is 0 Å². The third kappa shape index (κ3) is 3.13. The topological polar surface area (TPSA) is 40.6 Å². The molecule has 0 aliphatic carbocycles. The number of nitrogens with zero attached hydrogens (tertiary/aromatic N) is 2. The van der Waals surface area contributed by atoms with Crippen molar-refractivity contribution in [1.29, 1.82) is 0 Å². The summed E-state index contributed by atoms with van der Waals surface area (Å²) in [7, 11) is 4.12. The highest BCUT2D eigenvalue weighted by Gasteiger charge is 2.44. The average molecular weight is 527 g/mol. The van der Waals surface area contributed by atoms with Crippen LogP contribution in [0.25, 0.3) is 33.7 Å². The second kappa shape index (κ2) is 8.17. The molecule has 0 bridgehead atoms. The van der Waals surface area contributed by atoms with Gasteiger partial charge in [0, 0.05) is 36.3 Å². The zero-order valence-corrected chi connectivity index (χ0v) is 23.9. The summed E-state index contributed by atoms with van der Waals surface area (Å²) in [5, 5.41) is 5.49. The molecule has 2 heterocycles. The van der Waals surface area contributed by atoms with Crippen LogP contribution in [0.15, 0.2) is 82.4 Å². The lowest BCUT2D eigenvalue weighted by molar-refractivity contribution is 0.506. The molecule has 5 aromatic carbocycles. The standard InChI is InChI=1S/C36H34N2O2/c1-35(2)29(37(5)27-17-15-21-11-7-9-13-23(21)31(27)35)19-25-33(39)26(34(25)40)20-30-36(3,4)32-24-14-10-8-12-22(24)16-18-28(32)38(30)6/h7-20,29-30H,1-6H3. The van der Waals surface area contributed by atoms with E-state index in [1.54, 1.807) is 0 Å². The molecule has 0 amide bonds. The smallest absolute Gasteiger partial charge is 0.200 e. The summed E-state index contributed by atoms with van der Waals surface area (Å²) >= 11 is 0. The molecule has 2 aliphatic rings. The minimum Gasteiger partial charge on any atom is -0.367 e. The Morgan fingerprint density at radius 1 is 0.575 bits per heavy atom. The lowest BCUT2D eigenvalue weighted by Crippen LogP contribution is -2.66. The van der Waals surface area contributed by atoms with Crippen LogP contribution in [-0.2, 0) is 10.8 Å². The quantitative estimate of drug-likeness (QED) is 0.333. The van der Waals surface area contributed by atoms with Crippen LogP contribution in [0.3, 0.4) is 0 Å². The van der Waals surface area contributed by atoms with Gasteiger partial charge in [-0.2, -0.15) is 0 Å². The first-order valence-electron chi connectivity index (χ1n) is 14.1. The molecule has 2 aliphatic heterocycles. The van der Waals surface area contributed by atoms with Crippen LogP contribution >= 0.6 is 0 Å². The number of hydrogen-bond donors (Lipinski definition) is 0. The van der Waals surface area contributed by atoms with E-state index in [1.165, 1.54) is 32.7 Å². The molecule has 5 aromatic rings. The second-order valence-corrected chi connectivity index (χ2v) is 12.7. The lowest BCUT2D eigenvalue weighted by Gasteiger charge is -2.30. The number of rotatable bonds is 2.